The predicted molar refractivity (Wildman–Crippen MR) is 65.5 cm³/mol. The van der Waals surface area contributed by atoms with Gasteiger partial charge in [0.2, 0.25) is 0 Å². The first-order valence-corrected chi connectivity index (χ1v) is 5.57. The minimum atomic E-state index is -0.410. The molecule has 0 radical (unpaired) electrons. The molecule has 0 saturated heterocycles. The van der Waals surface area contributed by atoms with E-state index < -0.39 is 5.97 Å². The number of pyridine rings is 1. The van der Waals surface area contributed by atoms with Gasteiger partial charge in [0.25, 0.3) is 0 Å². The van der Waals surface area contributed by atoms with Crippen molar-refractivity contribution < 1.29 is 9.53 Å². The molecular formula is C12H10BrNO2. The van der Waals surface area contributed by atoms with Gasteiger partial charge in [0.15, 0.2) is 5.69 Å². The molecule has 2 rings (SSSR count). The summed E-state index contributed by atoms with van der Waals surface area (Å²) in [7, 11) is 1.36. The van der Waals surface area contributed by atoms with Gasteiger partial charge in [-0.3, -0.25) is 0 Å². The number of ether oxygens (including phenoxy) is 1. The number of methoxy groups -OCH3 is 1. The van der Waals surface area contributed by atoms with E-state index in [-0.39, 0.29) is 0 Å². The van der Waals surface area contributed by atoms with Crippen LogP contribution in [0.3, 0.4) is 0 Å². The van der Waals surface area contributed by atoms with Crippen molar-refractivity contribution in [1.82, 2.24) is 4.98 Å². The van der Waals surface area contributed by atoms with Gasteiger partial charge in [0, 0.05) is 20.9 Å². The highest BCUT2D eigenvalue weighted by Gasteiger charge is 2.13. The lowest BCUT2D eigenvalue weighted by Gasteiger charge is -2.06. The van der Waals surface area contributed by atoms with Crippen LogP contribution >= 0.6 is 15.9 Å². The van der Waals surface area contributed by atoms with Gasteiger partial charge in [-0.1, -0.05) is 28.1 Å². The highest BCUT2D eigenvalue weighted by atomic mass is 79.9. The Hall–Kier alpha value is -1.42. The predicted octanol–water partition coefficient (Wildman–Crippen LogP) is 3.09. The van der Waals surface area contributed by atoms with Crippen LogP contribution in [-0.2, 0) is 4.74 Å². The molecule has 0 spiro atoms. The average molecular weight is 280 g/mol. The summed E-state index contributed by atoms with van der Waals surface area (Å²) in [6, 6.07) is 7.60. The molecule has 0 amide bonds. The molecule has 1 aromatic carbocycles. The number of benzene rings is 1. The van der Waals surface area contributed by atoms with Gasteiger partial charge in [-0.2, -0.15) is 0 Å². The molecule has 3 nitrogen and oxygen atoms in total. The van der Waals surface area contributed by atoms with Crippen molar-refractivity contribution in [3.8, 4) is 0 Å². The zero-order valence-electron chi connectivity index (χ0n) is 8.95. The molecule has 2 aromatic rings. The number of hydrogen-bond acceptors (Lipinski definition) is 3. The van der Waals surface area contributed by atoms with E-state index >= 15 is 0 Å². The Kier molecular flexibility index (Phi) is 2.92. The fourth-order valence-electron chi connectivity index (χ4n) is 1.62. The molecule has 0 aliphatic heterocycles. The second-order valence-corrected chi connectivity index (χ2v) is 4.29. The molecule has 0 aliphatic rings. The molecule has 0 bridgehead atoms. The van der Waals surface area contributed by atoms with E-state index in [1.54, 1.807) is 0 Å². The first-order chi connectivity index (χ1) is 7.63. The average Bonchev–Trinajstić information content (AvgIpc) is 2.28. The molecule has 0 fully saturated rings. The van der Waals surface area contributed by atoms with Gasteiger partial charge in [-0.15, -0.1) is 0 Å². The third-order valence-corrected chi connectivity index (χ3v) is 3.02. The van der Waals surface area contributed by atoms with Crippen LogP contribution in [0, 0.1) is 6.92 Å². The SMILES string of the molecule is COC(=O)c1nc(C)cc2c(Br)cccc12. The number of esters is 1. The number of halogens is 1. The van der Waals surface area contributed by atoms with Gasteiger partial charge < -0.3 is 4.74 Å². The van der Waals surface area contributed by atoms with Gasteiger partial charge in [-0.25, -0.2) is 9.78 Å². The summed E-state index contributed by atoms with van der Waals surface area (Å²) < 4.78 is 5.67. The fraction of sp³-hybridized carbons (Fsp3) is 0.167. The number of rotatable bonds is 1. The number of aromatic nitrogens is 1. The van der Waals surface area contributed by atoms with E-state index in [1.165, 1.54) is 7.11 Å². The highest BCUT2D eigenvalue weighted by molar-refractivity contribution is 9.10. The largest absolute Gasteiger partial charge is 0.464 e. The zero-order chi connectivity index (χ0) is 11.7. The summed E-state index contributed by atoms with van der Waals surface area (Å²) >= 11 is 3.46. The summed E-state index contributed by atoms with van der Waals surface area (Å²) in [6.45, 7) is 1.85. The smallest absolute Gasteiger partial charge is 0.357 e. The molecule has 0 unspecified atom stereocenters. The summed E-state index contributed by atoms with van der Waals surface area (Å²) in [4.78, 5) is 15.8. The van der Waals surface area contributed by atoms with Gasteiger partial charge in [0.1, 0.15) is 0 Å². The second kappa shape index (κ2) is 4.22. The van der Waals surface area contributed by atoms with Crippen LogP contribution in [0.25, 0.3) is 10.8 Å². The first-order valence-electron chi connectivity index (χ1n) is 4.77. The maximum atomic E-state index is 11.6. The Morgan fingerprint density at radius 2 is 2.12 bits per heavy atom. The number of hydrogen-bond donors (Lipinski definition) is 0. The van der Waals surface area contributed by atoms with Crippen LogP contribution in [0.1, 0.15) is 16.2 Å². The van der Waals surface area contributed by atoms with Crippen LogP contribution < -0.4 is 0 Å². The quantitative estimate of drug-likeness (QED) is 0.753. The molecular weight excluding hydrogens is 270 g/mol. The summed E-state index contributed by atoms with van der Waals surface area (Å²) in [6.07, 6.45) is 0. The Morgan fingerprint density at radius 3 is 2.81 bits per heavy atom. The lowest BCUT2D eigenvalue weighted by molar-refractivity contribution is 0.0596. The maximum absolute atomic E-state index is 11.6. The van der Waals surface area contributed by atoms with Crippen molar-refractivity contribution in [2.45, 2.75) is 6.92 Å². The van der Waals surface area contributed by atoms with Crippen molar-refractivity contribution in [3.05, 3.63) is 40.1 Å². The van der Waals surface area contributed by atoms with Crippen LogP contribution in [0.4, 0.5) is 0 Å². The Bertz CT molecular complexity index is 566. The van der Waals surface area contributed by atoms with Crippen molar-refractivity contribution in [2.75, 3.05) is 7.11 Å². The Labute approximate surface area is 102 Å². The number of nitrogens with zero attached hydrogens (tertiary/aromatic N) is 1. The number of carbonyl (C=O) groups is 1. The van der Waals surface area contributed by atoms with Crippen LogP contribution in [0.15, 0.2) is 28.7 Å². The normalized spacial score (nSPS) is 10.4. The summed E-state index contributed by atoms with van der Waals surface area (Å²) in [5.74, 6) is -0.410. The van der Waals surface area contributed by atoms with Crippen molar-refractivity contribution in [2.24, 2.45) is 0 Å². The minimum Gasteiger partial charge on any atom is -0.464 e. The molecule has 1 heterocycles. The monoisotopic (exact) mass is 279 g/mol. The maximum Gasteiger partial charge on any atom is 0.357 e. The third-order valence-electron chi connectivity index (χ3n) is 2.33. The molecule has 0 aliphatic carbocycles. The van der Waals surface area contributed by atoms with Crippen molar-refractivity contribution in [3.63, 3.8) is 0 Å². The number of aryl methyl sites for hydroxylation is 1. The van der Waals surface area contributed by atoms with Crippen molar-refractivity contribution >= 4 is 32.7 Å². The van der Waals surface area contributed by atoms with Gasteiger partial charge in [-0.05, 0) is 19.1 Å². The van der Waals surface area contributed by atoms with E-state index in [1.807, 2.05) is 31.2 Å². The molecule has 0 saturated carbocycles. The lowest BCUT2D eigenvalue weighted by Crippen LogP contribution is -2.06. The van der Waals surface area contributed by atoms with E-state index in [0.717, 1.165) is 20.9 Å². The number of carbonyl (C=O) groups excluding carboxylic acids is 1. The molecule has 1 aromatic heterocycles. The molecule has 0 N–H and O–H groups in total. The van der Waals surface area contributed by atoms with E-state index in [0.29, 0.717) is 5.69 Å². The first kappa shape index (κ1) is 11.1. The molecule has 0 atom stereocenters. The molecule has 4 heteroatoms. The van der Waals surface area contributed by atoms with Crippen molar-refractivity contribution in [1.29, 1.82) is 0 Å². The van der Waals surface area contributed by atoms with E-state index in [2.05, 4.69) is 20.9 Å². The summed E-state index contributed by atoms with van der Waals surface area (Å²) in [5, 5.41) is 1.77. The minimum absolute atomic E-state index is 0.360. The highest BCUT2D eigenvalue weighted by Crippen LogP contribution is 2.26. The Morgan fingerprint density at radius 1 is 1.38 bits per heavy atom. The van der Waals surface area contributed by atoms with Crippen LogP contribution in [0.5, 0.6) is 0 Å². The molecule has 82 valence electrons. The fourth-order valence-corrected chi connectivity index (χ4v) is 2.10. The third kappa shape index (κ3) is 1.80. The Balaban J connectivity index is 2.83. The van der Waals surface area contributed by atoms with Crippen LogP contribution in [-0.4, -0.2) is 18.1 Å². The molecule has 16 heavy (non-hydrogen) atoms. The van der Waals surface area contributed by atoms with E-state index in [9.17, 15) is 4.79 Å². The van der Waals surface area contributed by atoms with E-state index in [4.69, 9.17) is 4.74 Å². The zero-order valence-corrected chi connectivity index (χ0v) is 10.5. The second-order valence-electron chi connectivity index (χ2n) is 3.44. The summed E-state index contributed by atoms with van der Waals surface area (Å²) in [5.41, 5.74) is 1.15. The van der Waals surface area contributed by atoms with Crippen LogP contribution in [0.2, 0.25) is 0 Å². The lowest BCUT2D eigenvalue weighted by atomic mass is 10.1. The standard InChI is InChI=1S/C12H10BrNO2/c1-7-6-9-8(4-3-5-10(9)13)11(14-7)12(15)16-2/h3-6H,1-2H3. The van der Waals surface area contributed by atoms with Gasteiger partial charge in [0.05, 0.1) is 7.11 Å². The van der Waals surface area contributed by atoms with Gasteiger partial charge >= 0.3 is 5.97 Å². The number of fused-ring (bicyclic) bond motifs is 1. The topological polar surface area (TPSA) is 39.2 Å².